The van der Waals surface area contributed by atoms with Crippen LogP contribution in [0.5, 0.6) is 11.5 Å². The van der Waals surface area contributed by atoms with Crippen LogP contribution in [0.3, 0.4) is 0 Å². The Hall–Kier alpha value is -4.90. The van der Waals surface area contributed by atoms with Gasteiger partial charge in [-0.2, -0.15) is 5.26 Å². The van der Waals surface area contributed by atoms with E-state index in [1.54, 1.807) is 41.3 Å². The molecule has 3 saturated heterocycles. The highest BCUT2D eigenvalue weighted by Crippen LogP contribution is 2.28. The molecule has 1 atom stereocenters. The summed E-state index contributed by atoms with van der Waals surface area (Å²) >= 11 is 0. The van der Waals surface area contributed by atoms with E-state index in [1.165, 1.54) is 12.1 Å². The van der Waals surface area contributed by atoms with Crippen molar-refractivity contribution in [3.8, 4) is 17.6 Å². The molecule has 258 valence electrons. The summed E-state index contributed by atoms with van der Waals surface area (Å²) in [5, 5.41) is 18.4. The molecule has 0 spiro atoms. The van der Waals surface area contributed by atoms with Crippen molar-refractivity contribution in [3.05, 3.63) is 77.1 Å². The largest absolute Gasteiger partial charge is 0.457 e. The van der Waals surface area contributed by atoms with Crippen LogP contribution < -0.4 is 16.2 Å². The second-order valence-corrected chi connectivity index (χ2v) is 13.0. The van der Waals surface area contributed by atoms with Crippen LogP contribution in [0.15, 0.2) is 75.7 Å². The number of hydrogen-bond acceptors (Lipinski definition) is 9. The number of halogens is 1. The van der Waals surface area contributed by atoms with Gasteiger partial charge in [0.2, 0.25) is 0 Å². The minimum Gasteiger partial charge on any atom is -0.457 e. The van der Waals surface area contributed by atoms with Gasteiger partial charge in [-0.25, -0.2) is 9.38 Å². The summed E-state index contributed by atoms with van der Waals surface area (Å²) in [6.07, 6.45) is 3.01. The molecule has 49 heavy (non-hydrogen) atoms. The van der Waals surface area contributed by atoms with Gasteiger partial charge in [0.1, 0.15) is 34.8 Å². The third-order valence-corrected chi connectivity index (χ3v) is 9.25. The molecule has 0 bridgehead atoms. The van der Waals surface area contributed by atoms with Gasteiger partial charge in [0.05, 0.1) is 36.6 Å². The van der Waals surface area contributed by atoms with Crippen LogP contribution in [0.2, 0.25) is 0 Å². The molecule has 1 amide bonds. The molecule has 5 rings (SSSR count). The molecule has 2 aromatic carbocycles. The summed E-state index contributed by atoms with van der Waals surface area (Å²) in [6.45, 7) is 13.2. The maximum atomic E-state index is 15.3. The van der Waals surface area contributed by atoms with E-state index < -0.39 is 17.4 Å². The van der Waals surface area contributed by atoms with Gasteiger partial charge in [0.15, 0.2) is 5.84 Å². The van der Waals surface area contributed by atoms with Crippen molar-refractivity contribution < 1.29 is 18.7 Å². The Labute approximate surface area is 286 Å². The number of nitrogens with two attached hydrogens (primary N) is 2. The maximum Gasteiger partial charge on any atom is 0.264 e. The number of nitrogens with one attached hydrogen (secondary N) is 1. The third-order valence-electron chi connectivity index (χ3n) is 9.25. The van der Waals surface area contributed by atoms with E-state index in [4.69, 9.17) is 26.4 Å². The zero-order valence-electron chi connectivity index (χ0n) is 28.1. The minimum absolute atomic E-state index is 0.00714. The molecular weight excluding hydrogens is 625 g/mol. The van der Waals surface area contributed by atoms with Crippen LogP contribution in [0.1, 0.15) is 32.3 Å². The number of rotatable bonds is 10. The second-order valence-electron chi connectivity index (χ2n) is 13.0. The third kappa shape index (κ3) is 8.40. The molecule has 0 aliphatic carbocycles. The molecule has 0 radical (unpaired) electrons. The average Bonchev–Trinajstić information content (AvgIpc) is 3.07. The molecule has 12 nitrogen and oxygen atoms in total. The average molecular weight is 670 g/mol. The Morgan fingerprint density at radius 2 is 1.84 bits per heavy atom. The van der Waals surface area contributed by atoms with Gasteiger partial charge in [-0.3, -0.25) is 25.0 Å². The van der Waals surface area contributed by atoms with Crippen LogP contribution >= 0.6 is 0 Å². The lowest BCUT2D eigenvalue weighted by molar-refractivity contribution is -0.127. The highest BCUT2D eigenvalue weighted by Gasteiger charge is 2.35. The number of carbonyl (C=O) groups excluding carboxylic acids is 1. The molecule has 1 unspecified atom stereocenters. The van der Waals surface area contributed by atoms with Crippen LogP contribution in [0.25, 0.3) is 5.70 Å². The van der Waals surface area contributed by atoms with Crippen LogP contribution in [0, 0.1) is 22.6 Å². The number of piperazine rings is 1. The van der Waals surface area contributed by atoms with E-state index in [0.29, 0.717) is 31.2 Å². The molecular formula is C36H44FN9O3. The number of piperidine rings is 1. The Kier molecular flexibility index (Phi) is 11.2. The smallest absolute Gasteiger partial charge is 0.264 e. The maximum absolute atomic E-state index is 15.3. The lowest BCUT2D eigenvalue weighted by atomic mass is 9.96. The van der Waals surface area contributed by atoms with Gasteiger partial charge in [-0.05, 0) is 63.7 Å². The Balaban J connectivity index is 1.30. The molecule has 3 fully saturated rings. The fraction of sp³-hybridized carbons (Fsp3) is 0.417. The predicted molar refractivity (Wildman–Crippen MR) is 188 cm³/mol. The molecule has 0 saturated carbocycles. The number of nitriles is 1. The number of para-hydroxylation sites is 1. The Morgan fingerprint density at radius 3 is 2.45 bits per heavy atom. The summed E-state index contributed by atoms with van der Waals surface area (Å²) < 4.78 is 26.4. The summed E-state index contributed by atoms with van der Waals surface area (Å²) in [5.41, 5.74) is 12.2. The van der Waals surface area contributed by atoms with Crippen molar-refractivity contribution in [2.45, 2.75) is 44.3 Å². The topological polar surface area (TPSA) is 170 Å². The van der Waals surface area contributed by atoms with Crippen molar-refractivity contribution in [1.29, 1.82) is 10.7 Å². The first-order valence-corrected chi connectivity index (χ1v) is 16.4. The van der Waals surface area contributed by atoms with Crippen molar-refractivity contribution in [3.63, 3.8) is 0 Å². The van der Waals surface area contributed by atoms with Gasteiger partial charge in [0.25, 0.3) is 5.91 Å². The van der Waals surface area contributed by atoms with E-state index in [1.807, 2.05) is 19.9 Å². The molecule has 0 aromatic heterocycles. The first-order valence-electron chi connectivity index (χ1n) is 16.4. The minimum atomic E-state index is -0.684. The first kappa shape index (κ1) is 35.4. The van der Waals surface area contributed by atoms with Gasteiger partial charge in [-0.1, -0.05) is 18.2 Å². The summed E-state index contributed by atoms with van der Waals surface area (Å²) in [6, 6.07) is 15.3. The normalized spacial score (nSPS) is 20.5. The fourth-order valence-electron chi connectivity index (χ4n) is 6.36. The molecule has 13 heteroatoms. The van der Waals surface area contributed by atoms with Gasteiger partial charge >= 0.3 is 0 Å². The SMILES string of the molecule is C=NC(=N)/C(C(N)=NC1CCCN(C(=O)/C(C#N)=C/C(C)(C)N2CCN(C3COC3)CC2)C1)=C(/N)c1ccc(Oc2ccccc2)cc1F. The van der Waals surface area contributed by atoms with Crippen molar-refractivity contribution in [2.75, 3.05) is 52.5 Å². The number of aliphatic imine (C=N–C) groups is 2. The molecule has 3 heterocycles. The molecule has 3 aliphatic rings. The highest BCUT2D eigenvalue weighted by atomic mass is 19.1. The number of amides is 1. The van der Waals surface area contributed by atoms with E-state index in [0.717, 1.165) is 39.4 Å². The Morgan fingerprint density at radius 1 is 1.12 bits per heavy atom. The monoisotopic (exact) mass is 669 g/mol. The van der Waals surface area contributed by atoms with E-state index in [-0.39, 0.29) is 52.3 Å². The van der Waals surface area contributed by atoms with Crippen LogP contribution in [-0.4, -0.2) is 109 Å². The molecule has 2 aromatic rings. The van der Waals surface area contributed by atoms with E-state index in [2.05, 4.69) is 32.6 Å². The quantitative estimate of drug-likeness (QED) is 0.149. The predicted octanol–water partition coefficient (Wildman–Crippen LogP) is 3.56. The Bertz CT molecular complexity index is 1690. The fourth-order valence-corrected chi connectivity index (χ4v) is 6.36. The number of nitrogens with zero attached hydrogens (tertiary/aromatic N) is 6. The summed E-state index contributed by atoms with van der Waals surface area (Å²) in [5.74, 6) is -0.731. The van der Waals surface area contributed by atoms with E-state index >= 15 is 4.39 Å². The number of ether oxygens (including phenoxy) is 2. The van der Waals surface area contributed by atoms with Crippen molar-refractivity contribution in [1.82, 2.24) is 14.7 Å². The van der Waals surface area contributed by atoms with Gasteiger partial charge in [-0.15, -0.1) is 0 Å². The van der Waals surface area contributed by atoms with E-state index in [9.17, 15) is 10.1 Å². The van der Waals surface area contributed by atoms with Gasteiger partial charge < -0.3 is 25.8 Å². The zero-order chi connectivity index (χ0) is 35.1. The summed E-state index contributed by atoms with van der Waals surface area (Å²) in [7, 11) is 0. The van der Waals surface area contributed by atoms with Crippen molar-refractivity contribution in [2.24, 2.45) is 21.5 Å². The zero-order valence-corrected chi connectivity index (χ0v) is 28.1. The molecule has 5 N–H and O–H groups in total. The number of likely N-dealkylation sites (tertiary alicyclic amines) is 1. The highest BCUT2D eigenvalue weighted by molar-refractivity contribution is 6.26. The van der Waals surface area contributed by atoms with Crippen LogP contribution in [0.4, 0.5) is 4.39 Å². The summed E-state index contributed by atoms with van der Waals surface area (Å²) in [4.78, 5) is 28.3. The van der Waals surface area contributed by atoms with Gasteiger partial charge in [0, 0.05) is 56.4 Å². The van der Waals surface area contributed by atoms with Crippen LogP contribution in [-0.2, 0) is 9.53 Å². The molecule has 3 aliphatic heterocycles. The number of benzene rings is 2. The standard InChI is InChI=1S/C36H44FN9O3/c1-36(2,46-16-14-44(15-17-46)26-22-48-23-26)19-24(20-38)35(47)45-13-7-8-25(21-45)43-34(41)31(33(40)42-3)32(39)29-12-11-28(18-30(29)37)49-27-9-5-4-6-10-27/h4-6,9-12,18-19,25-26,40H,3,7-8,13-17,21-23,39H2,1-2H3,(H2,41,43)/b24-19+,32-31-,40-33?. The number of hydrogen-bond donors (Lipinski definition) is 3. The second kappa shape index (κ2) is 15.5. The number of carbonyl (C=O) groups is 1. The first-order chi connectivity index (χ1) is 23.5. The number of amidine groups is 2. The lowest BCUT2D eigenvalue weighted by Crippen LogP contribution is -2.59. The van der Waals surface area contributed by atoms with Crippen molar-refractivity contribution >= 4 is 30.0 Å². The lowest BCUT2D eigenvalue weighted by Gasteiger charge is -2.46.